The Morgan fingerprint density at radius 2 is 1.40 bits per heavy atom. The van der Waals surface area contributed by atoms with Gasteiger partial charge in [0.05, 0.1) is 5.92 Å². The van der Waals surface area contributed by atoms with Crippen molar-refractivity contribution in [3.63, 3.8) is 0 Å². The third kappa shape index (κ3) is 6.10. The highest BCUT2D eigenvalue weighted by Gasteiger charge is 2.40. The summed E-state index contributed by atoms with van der Waals surface area (Å²) in [5, 5.41) is 0. The van der Waals surface area contributed by atoms with E-state index in [0.717, 1.165) is 30.9 Å². The molecule has 0 saturated carbocycles. The van der Waals surface area contributed by atoms with Crippen molar-refractivity contribution in [1.82, 2.24) is 0 Å². The molecule has 0 saturated heterocycles. The third-order valence-electron chi connectivity index (χ3n) is 5.68. The first kappa shape index (κ1) is 24.4. The zero-order chi connectivity index (χ0) is 22.0. The van der Waals surface area contributed by atoms with Crippen LogP contribution < -0.4 is 0 Å². The van der Waals surface area contributed by atoms with Gasteiger partial charge in [0.25, 0.3) is 5.97 Å². The molecule has 2 rings (SSSR count). The molecule has 1 unspecified atom stereocenters. The second kappa shape index (κ2) is 12.1. The normalized spacial score (nSPS) is 12.9. The SMILES string of the molecule is CCCCCCCCC(c1ccc(-c2ccc(F)cc2F)cc1)C(OC)(OC)OC. The Labute approximate surface area is 179 Å². The van der Waals surface area contributed by atoms with Crippen molar-refractivity contribution < 1.29 is 23.0 Å². The largest absolute Gasteiger partial charge is 0.330 e. The van der Waals surface area contributed by atoms with Crippen molar-refractivity contribution in [2.24, 2.45) is 0 Å². The van der Waals surface area contributed by atoms with Crippen molar-refractivity contribution in [3.05, 3.63) is 59.7 Å². The standard InChI is InChI=1S/C25H34F2O3/c1-5-6-7-8-9-10-11-23(25(28-2,29-3)30-4)20-14-12-19(13-15-20)22-17-16-21(26)18-24(22)27/h12-18,23H,5-11H2,1-4H3. The maximum Gasteiger partial charge on any atom is 0.289 e. The van der Waals surface area contributed by atoms with Crippen LogP contribution in [0.1, 0.15) is 63.4 Å². The first-order valence-corrected chi connectivity index (χ1v) is 10.7. The van der Waals surface area contributed by atoms with Crippen LogP contribution in [-0.4, -0.2) is 27.3 Å². The van der Waals surface area contributed by atoms with Gasteiger partial charge in [0.15, 0.2) is 0 Å². The summed E-state index contributed by atoms with van der Waals surface area (Å²) in [5.41, 5.74) is 2.04. The number of methoxy groups -OCH3 is 3. The van der Waals surface area contributed by atoms with E-state index in [2.05, 4.69) is 6.92 Å². The molecule has 0 fully saturated rings. The van der Waals surface area contributed by atoms with Gasteiger partial charge < -0.3 is 14.2 Å². The van der Waals surface area contributed by atoms with Gasteiger partial charge in [-0.25, -0.2) is 8.78 Å². The van der Waals surface area contributed by atoms with Gasteiger partial charge in [-0.1, -0.05) is 69.7 Å². The number of halogens is 2. The molecule has 30 heavy (non-hydrogen) atoms. The zero-order valence-corrected chi connectivity index (χ0v) is 18.5. The molecule has 2 aromatic carbocycles. The second-order valence-electron chi connectivity index (χ2n) is 7.57. The smallest absolute Gasteiger partial charge is 0.289 e. The summed E-state index contributed by atoms with van der Waals surface area (Å²) in [6.45, 7) is 2.21. The van der Waals surface area contributed by atoms with Crippen LogP contribution in [0, 0.1) is 11.6 Å². The molecule has 5 heteroatoms. The molecule has 0 aliphatic heterocycles. The molecule has 0 aliphatic carbocycles. The zero-order valence-electron chi connectivity index (χ0n) is 18.5. The summed E-state index contributed by atoms with van der Waals surface area (Å²) >= 11 is 0. The Bertz CT molecular complexity index is 749. The Morgan fingerprint density at radius 1 is 0.800 bits per heavy atom. The summed E-state index contributed by atoms with van der Waals surface area (Å²) in [6, 6.07) is 11.2. The predicted octanol–water partition coefficient (Wildman–Crippen LogP) is 7.06. The van der Waals surface area contributed by atoms with Crippen LogP contribution in [0.15, 0.2) is 42.5 Å². The van der Waals surface area contributed by atoms with Gasteiger partial charge in [0.2, 0.25) is 0 Å². The number of hydrogen-bond donors (Lipinski definition) is 0. The van der Waals surface area contributed by atoms with E-state index in [-0.39, 0.29) is 5.92 Å². The highest BCUT2D eigenvalue weighted by Crippen LogP contribution is 2.38. The fourth-order valence-corrected chi connectivity index (χ4v) is 3.97. The first-order valence-electron chi connectivity index (χ1n) is 10.7. The van der Waals surface area contributed by atoms with Gasteiger partial charge >= 0.3 is 0 Å². The van der Waals surface area contributed by atoms with Crippen molar-refractivity contribution >= 4 is 0 Å². The highest BCUT2D eigenvalue weighted by atomic mass is 19.1. The number of rotatable bonds is 13. The molecule has 166 valence electrons. The Hall–Kier alpha value is -1.82. The lowest BCUT2D eigenvalue weighted by Crippen LogP contribution is -2.42. The van der Waals surface area contributed by atoms with Crippen LogP contribution >= 0.6 is 0 Å². The van der Waals surface area contributed by atoms with Crippen molar-refractivity contribution in [1.29, 1.82) is 0 Å². The number of unbranched alkanes of at least 4 members (excludes halogenated alkanes) is 5. The molecule has 0 aliphatic rings. The molecule has 0 N–H and O–H groups in total. The van der Waals surface area contributed by atoms with Gasteiger partial charge in [-0.05, 0) is 29.7 Å². The molecular weight excluding hydrogens is 386 g/mol. The Kier molecular flexibility index (Phi) is 9.89. The summed E-state index contributed by atoms with van der Waals surface area (Å²) in [5.74, 6) is -2.49. The van der Waals surface area contributed by atoms with E-state index in [1.165, 1.54) is 37.8 Å². The Balaban J connectivity index is 2.22. The molecular formula is C25H34F2O3. The van der Waals surface area contributed by atoms with Gasteiger partial charge in [0, 0.05) is 33.0 Å². The van der Waals surface area contributed by atoms with E-state index in [9.17, 15) is 8.78 Å². The van der Waals surface area contributed by atoms with Gasteiger partial charge in [-0.15, -0.1) is 0 Å². The van der Waals surface area contributed by atoms with E-state index in [0.29, 0.717) is 11.1 Å². The molecule has 0 amide bonds. The van der Waals surface area contributed by atoms with E-state index < -0.39 is 17.6 Å². The van der Waals surface area contributed by atoms with E-state index >= 15 is 0 Å². The van der Waals surface area contributed by atoms with E-state index in [1.54, 1.807) is 21.3 Å². The Morgan fingerprint density at radius 3 is 1.97 bits per heavy atom. The van der Waals surface area contributed by atoms with Crippen molar-refractivity contribution in [3.8, 4) is 11.1 Å². The fraction of sp³-hybridized carbons (Fsp3) is 0.520. The summed E-state index contributed by atoms with van der Waals surface area (Å²) in [6.07, 6.45) is 7.97. The summed E-state index contributed by atoms with van der Waals surface area (Å²) < 4.78 is 44.3. The highest BCUT2D eigenvalue weighted by molar-refractivity contribution is 5.64. The number of ether oxygens (including phenoxy) is 3. The predicted molar refractivity (Wildman–Crippen MR) is 116 cm³/mol. The molecule has 0 bridgehead atoms. The van der Waals surface area contributed by atoms with Crippen LogP contribution in [0.5, 0.6) is 0 Å². The first-order chi connectivity index (χ1) is 14.5. The lowest BCUT2D eigenvalue weighted by Gasteiger charge is -2.36. The quantitative estimate of drug-likeness (QED) is 0.256. The summed E-state index contributed by atoms with van der Waals surface area (Å²) in [7, 11) is 4.72. The lowest BCUT2D eigenvalue weighted by molar-refractivity contribution is -0.365. The van der Waals surface area contributed by atoms with E-state index in [1.807, 2.05) is 24.3 Å². The fourth-order valence-electron chi connectivity index (χ4n) is 3.97. The maximum absolute atomic E-state index is 14.1. The van der Waals surface area contributed by atoms with Crippen LogP contribution in [0.25, 0.3) is 11.1 Å². The average molecular weight is 421 g/mol. The molecule has 2 aromatic rings. The van der Waals surface area contributed by atoms with Crippen LogP contribution in [0.4, 0.5) is 8.78 Å². The van der Waals surface area contributed by atoms with Crippen molar-refractivity contribution in [2.45, 2.75) is 63.8 Å². The number of benzene rings is 2. The van der Waals surface area contributed by atoms with Crippen LogP contribution in [-0.2, 0) is 14.2 Å². The molecule has 3 nitrogen and oxygen atoms in total. The van der Waals surface area contributed by atoms with Crippen LogP contribution in [0.3, 0.4) is 0 Å². The average Bonchev–Trinajstić information content (AvgIpc) is 2.76. The number of hydrogen-bond acceptors (Lipinski definition) is 3. The maximum atomic E-state index is 14.1. The van der Waals surface area contributed by atoms with Crippen LogP contribution in [0.2, 0.25) is 0 Å². The monoisotopic (exact) mass is 420 g/mol. The summed E-state index contributed by atoms with van der Waals surface area (Å²) in [4.78, 5) is 0. The van der Waals surface area contributed by atoms with E-state index in [4.69, 9.17) is 14.2 Å². The molecule has 0 aromatic heterocycles. The minimum atomic E-state index is -1.19. The van der Waals surface area contributed by atoms with Crippen molar-refractivity contribution in [2.75, 3.05) is 21.3 Å². The van der Waals surface area contributed by atoms with Gasteiger partial charge in [0.1, 0.15) is 11.6 Å². The third-order valence-corrected chi connectivity index (χ3v) is 5.68. The minimum absolute atomic E-state index is 0.143. The topological polar surface area (TPSA) is 27.7 Å². The van der Waals surface area contributed by atoms with Gasteiger partial charge in [-0.3, -0.25) is 0 Å². The molecule has 0 radical (unpaired) electrons. The van der Waals surface area contributed by atoms with Gasteiger partial charge in [-0.2, -0.15) is 0 Å². The lowest BCUT2D eigenvalue weighted by atomic mass is 9.89. The minimum Gasteiger partial charge on any atom is -0.330 e. The molecule has 1 atom stereocenters. The molecule has 0 heterocycles. The second-order valence-corrected chi connectivity index (χ2v) is 7.57. The molecule has 0 spiro atoms.